The van der Waals surface area contributed by atoms with Crippen LogP contribution in [0.15, 0.2) is 36.4 Å². The average Bonchev–Trinajstić information content (AvgIpc) is 2.89. The lowest BCUT2D eigenvalue weighted by atomic mass is 10.1. The number of carbonyl (C=O) groups excluding carboxylic acids is 2. The first kappa shape index (κ1) is 20.7. The van der Waals surface area contributed by atoms with E-state index < -0.39 is 35.6 Å². The maximum absolute atomic E-state index is 13.3. The third kappa shape index (κ3) is 4.04. The highest BCUT2D eigenvalue weighted by Gasteiger charge is 2.42. The number of carboxylic acids is 1. The molecule has 152 valence electrons. The zero-order valence-corrected chi connectivity index (χ0v) is 15.6. The van der Waals surface area contributed by atoms with Crippen LogP contribution in [0.25, 0.3) is 0 Å². The number of nitrogens with zero attached hydrogens (tertiary/aromatic N) is 1. The van der Waals surface area contributed by atoms with Crippen molar-refractivity contribution < 1.29 is 32.7 Å². The molecular formula is C19H14ClF3N2O4. The van der Waals surface area contributed by atoms with Gasteiger partial charge in [0.15, 0.2) is 0 Å². The van der Waals surface area contributed by atoms with Gasteiger partial charge in [-0.25, -0.2) is 9.69 Å². The number of amides is 2. The van der Waals surface area contributed by atoms with Gasteiger partial charge in [-0.05, 0) is 42.8 Å². The molecule has 0 aliphatic carbocycles. The van der Waals surface area contributed by atoms with Crippen molar-refractivity contribution in [3.63, 3.8) is 0 Å². The zero-order valence-electron chi connectivity index (χ0n) is 14.9. The second kappa shape index (κ2) is 7.40. The van der Waals surface area contributed by atoms with E-state index in [1.165, 1.54) is 24.3 Å². The summed E-state index contributed by atoms with van der Waals surface area (Å²) in [6.07, 6.45) is -5.10. The van der Waals surface area contributed by atoms with Crippen molar-refractivity contribution in [1.82, 2.24) is 0 Å². The van der Waals surface area contributed by atoms with Crippen LogP contribution in [0.2, 0.25) is 5.02 Å². The Morgan fingerprint density at radius 2 is 1.90 bits per heavy atom. The Hall–Kier alpha value is -3.07. The van der Waals surface area contributed by atoms with E-state index in [1.807, 2.05) is 0 Å². The molecule has 0 spiro atoms. The predicted octanol–water partition coefficient (Wildman–Crippen LogP) is 4.11. The van der Waals surface area contributed by atoms with Crippen LogP contribution in [0.3, 0.4) is 0 Å². The van der Waals surface area contributed by atoms with Crippen LogP contribution in [0.4, 0.5) is 24.5 Å². The van der Waals surface area contributed by atoms with Crippen molar-refractivity contribution >= 4 is 40.8 Å². The normalized spacial score (nSPS) is 17.0. The van der Waals surface area contributed by atoms with Crippen LogP contribution in [-0.4, -0.2) is 28.9 Å². The summed E-state index contributed by atoms with van der Waals surface area (Å²) in [4.78, 5) is 37.2. The third-order valence-electron chi connectivity index (χ3n) is 4.46. The third-order valence-corrected chi connectivity index (χ3v) is 4.70. The number of hydrogen-bond acceptors (Lipinski definition) is 4. The van der Waals surface area contributed by atoms with Gasteiger partial charge in [-0.2, -0.15) is 13.2 Å². The van der Waals surface area contributed by atoms with Gasteiger partial charge in [-0.15, -0.1) is 0 Å². The number of aromatic carboxylic acids is 1. The maximum Gasteiger partial charge on any atom is 0.418 e. The molecule has 1 atom stereocenters. The highest BCUT2D eigenvalue weighted by atomic mass is 35.5. The molecule has 1 fully saturated rings. The van der Waals surface area contributed by atoms with E-state index >= 15 is 0 Å². The van der Waals surface area contributed by atoms with Crippen LogP contribution in [-0.2, 0) is 15.8 Å². The predicted molar refractivity (Wildman–Crippen MR) is 99.1 cm³/mol. The largest absolute Gasteiger partial charge is 0.478 e. The maximum atomic E-state index is 13.3. The number of alkyl halides is 3. The summed E-state index contributed by atoms with van der Waals surface area (Å²) in [6.45, 7) is 1.59. The Labute approximate surface area is 167 Å². The van der Waals surface area contributed by atoms with Gasteiger partial charge in [0.25, 0.3) is 5.91 Å². The molecule has 1 aliphatic rings. The summed E-state index contributed by atoms with van der Waals surface area (Å²) in [5.41, 5.74) is -1.02. The molecule has 2 aromatic carbocycles. The molecule has 2 amide bonds. The van der Waals surface area contributed by atoms with Gasteiger partial charge >= 0.3 is 12.1 Å². The fraction of sp³-hybridized carbons (Fsp3) is 0.211. The molecular weight excluding hydrogens is 413 g/mol. The fourth-order valence-electron chi connectivity index (χ4n) is 3.05. The first-order valence-corrected chi connectivity index (χ1v) is 8.71. The lowest BCUT2D eigenvalue weighted by Crippen LogP contribution is -2.35. The van der Waals surface area contributed by atoms with E-state index in [4.69, 9.17) is 16.7 Å². The molecule has 0 radical (unpaired) electrons. The molecule has 0 saturated carbocycles. The summed E-state index contributed by atoms with van der Waals surface area (Å²) in [7, 11) is 0. The number of benzene rings is 2. The quantitative estimate of drug-likeness (QED) is 0.718. The van der Waals surface area contributed by atoms with Crippen molar-refractivity contribution in [1.29, 1.82) is 0 Å². The van der Waals surface area contributed by atoms with Gasteiger partial charge < -0.3 is 10.4 Å². The molecule has 1 heterocycles. The summed E-state index contributed by atoms with van der Waals surface area (Å²) in [5, 5.41) is 11.5. The topological polar surface area (TPSA) is 86.7 Å². The lowest BCUT2D eigenvalue weighted by Gasteiger charge is -2.20. The van der Waals surface area contributed by atoms with Crippen molar-refractivity contribution in [3.8, 4) is 0 Å². The molecule has 2 N–H and O–H groups in total. The van der Waals surface area contributed by atoms with Gasteiger partial charge in [-0.1, -0.05) is 17.7 Å². The summed E-state index contributed by atoms with van der Waals surface area (Å²) in [6, 6.07) is 5.76. The van der Waals surface area contributed by atoms with Gasteiger partial charge in [0.2, 0.25) is 5.91 Å². The monoisotopic (exact) mass is 426 g/mol. The number of carbonyl (C=O) groups is 3. The summed E-state index contributed by atoms with van der Waals surface area (Å²) in [5.74, 6) is -2.67. The Morgan fingerprint density at radius 1 is 1.21 bits per heavy atom. The Kier molecular flexibility index (Phi) is 5.27. The van der Waals surface area contributed by atoms with Gasteiger partial charge in [0.1, 0.15) is 6.04 Å². The number of hydrogen-bond donors (Lipinski definition) is 2. The van der Waals surface area contributed by atoms with Crippen molar-refractivity contribution in [2.75, 3.05) is 10.2 Å². The van der Waals surface area contributed by atoms with Gasteiger partial charge in [-0.3, -0.25) is 9.59 Å². The smallest absolute Gasteiger partial charge is 0.418 e. The van der Waals surface area contributed by atoms with E-state index in [9.17, 15) is 27.6 Å². The molecule has 10 heteroatoms. The summed E-state index contributed by atoms with van der Waals surface area (Å²) >= 11 is 5.65. The molecule has 1 unspecified atom stereocenters. The second-order valence-corrected chi connectivity index (χ2v) is 6.90. The fourth-order valence-corrected chi connectivity index (χ4v) is 3.22. The van der Waals surface area contributed by atoms with Crippen LogP contribution >= 0.6 is 11.6 Å². The molecule has 1 aliphatic heterocycles. The second-order valence-electron chi connectivity index (χ2n) is 6.46. The number of halogens is 4. The number of nitrogens with one attached hydrogen (secondary N) is 1. The van der Waals surface area contributed by atoms with E-state index in [0.29, 0.717) is 5.56 Å². The highest BCUT2D eigenvalue weighted by molar-refractivity contribution is 6.30. The molecule has 1 saturated heterocycles. The number of imide groups is 1. The van der Waals surface area contributed by atoms with Gasteiger partial charge in [0, 0.05) is 10.7 Å². The first-order chi connectivity index (χ1) is 13.5. The molecule has 3 rings (SSSR count). The minimum atomic E-state index is -4.72. The van der Waals surface area contributed by atoms with Crippen LogP contribution in [0.5, 0.6) is 0 Å². The van der Waals surface area contributed by atoms with Gasteiger partial charge in [0.05, 0.1) is 23.2 Å². The highest BCUT2D eigenvalue weighted by Crippen LogP contribution is 2.38. The van der Waals surface area contributed by atoms with Crippen molar-refractivity contribution in [3.05, 3.63) is 58.1 Å². The average molecular weight is 427 g/mol. The number of carboxylic acid groups (broad SMARTS) is 1. The zero-order chi connectivity index (χ0) is 21.5. The van der Waals surface area contributed by atoms with E-state index in [1.54, 1.807) is 6.92 Å². The van der Waals surface area contributed by atoms with E-state index in [0.717, 1.165) is 17.0 Å². The number of anilines is 2. The number of rotatable bonds is 4. The van der Waals surface area contributed by atoms with Crippen molar-refractivity contribution in [2.24, 2.45) is 0 Å². The molecule has 29 heavy (non-hydrogen) atoms. The van der Waals surface area contributed by atoms with Crippen molar-refractivity contribution in [2.45, 2.75) is 25.6 Å². The Bertz CT molecular complexity index is 1020. The number of aryl methyl sites for hydroxylation is 1. The Balaban J connectivity index is 1.94. The molecule has 0 bridgehead atoms. The first-order valence-electron chi connectivity index (χ1n) is 8.33. The lowest BCUT2D eigenvalue weighted by molar-refractivity contribution is -0.137. The van der Waals surface area contributed by atoms with Crippen LogP contribution in [0.1, 0.15) is 27.9 Å². The molecule has 2 aromatic rings. The molecule has 0 aromatic heterocycles. The SMILES string of the molecule is Cc1ccc(C(=O)O)cc1N1C(=O)CC(Nc2ccc(Cl)cc2C(F)(F)F)C1=O. The van der Waals surface area contributed by atoms with Crippen LogP contribution < -0.4 is 10.2 Å². The van der Waals surface area contributed by atoms with E-state index in [-0.39, 0.29) is 28.4 Å². The van der Waals surface area contributed by atoms with E-state index in [2.05, 4.69) is 5.32 Å². The Morgan fingerprint density at radius 3 is 2.52 bits per heavy atom. The summed E-state index contributed by atoms with van der Waals surface area (Å²) < 4.78 is 39.8. The molecule has 6 nitrogen and oxygen atoms in total. The minimum absolute atomic E-state index is 0.0800. The van der Waals surface area contributed by atoms with Crippen LogP contribution in [0, 0.1) is 6.92 Å². The minimum Gasteiger partial charge on any atom is -0.478 e. The standard InChI is InChI=1S/C19H14ClF3N2O4/c1-9-2-3-10(18(28)29)6-15(9)25-16(26)8-14(17(25)27)24-13-5-4-11(20)7-12(13)19(21,22)23/h2-7,14,24H,8H2,1H3,(H,28,29).